The third kappa shape index (κ3) is 3.46. The minimum atomic E-state index is -0.398. The summed E-state index contributed by atoms with van der Waals surface area (Å²) >= 11 is 5.63. The summed E-state index contributed by atoms with van der Waals surface area (Å²) in [7, 11) is 0. The lowest BCUT2D eigenvalue weighted by Gasteiger charge is -2.39. The van der Waals surface area contributed by atoms with Gasteiger partial charge in [-0.1, -0.05) is 12.1 Å². The Balaban J connectivity index is 1.69. The minimum Gasteiger partial charge on any atom is -0.348 e. The maximum atomic E-state index is 13.2. The molecular weight excluding hydrogens is 379 g/mol. The van der Waals surface area contributed by atoms with E-state index in [2.05, 4.69) is 9.88 Å². The molecular formula is C20H17FN4O2S. The van der Waals surface area contributed by atoms with Crippen LogP contribution in [0.25, 0.3) is 0 Å². The molecule has 3 aromatic rings. The summed E-state index contributed by atoms with van der Waals surface area (Å²) in [6.07, 6.45) is 1.99. The Morgan fingerprint density at radius 2 is 1.93 bits per heavy atom. The first-order valence-electron chi connectivity index (χ1n) is 8.75. The number of nitrogens with one attached hydrogen (secondary N) is 1. The first-order chi connectivity index (χ1) is 13.5. The van der Waals surface area contributed by atoms with E-state index >= 15 is 0 Å². The predicted octanol–water partition coefficient (Wildman–Crippen LogP) is 4.34. The van der Waals surface area contributed by atoms with Gasteiger partial charge in [0.05, 0.1) is 11.0 Å². The van der Waals surface area contributed by atoms with Crippen molar-refractivity contribution >= 4 is 28.7 Å². The Morgan fingerprint density at radius 3 is 2.68 bits per heavy atom. The molecule has 1 aliphatic rings. The van der Waals surface area contributed by atoms with Gasteiger partial charge in [0.2, 0.25) is 0 Å². The second kappa shape index (κ2) is 7.40. The number of non-ortho nitro benzene ring substituents is 1. The second-order valence-electron chi connectivity index (χ2n) is 6.51. The largest absolute Gasteiger partial charge is 0.348 e. The summed E-state index contributed by atoms with van der Waals surface area (Å²) in [5, 5.41) is 14.9. The highest BCUT2D eigenvalue weighted by Crippen LogP contribution is 2.34. The molecule has 0 saturated heterocycles. The molecule has 0 saturated carbocycles. The normalized spacial score (nSPS) is 15.8. The number of fused-ring (bicyclic) bond motifs is 1. The molecule has 0 spiro atoms. The van der Waals surface area contributed by atoms with Crippen molar-refractivity contribution < 1.29 is 9.31 Å². The van der Waals surface area contributed by atoms with Crippen molar-refractivity contribution in [2.75, 3.05) is 11.9 Å². The zero-order chi connectivity index (χ0) is 19.7. The molecule has 1 aliphatic heterocycles. The lowest BCUT2D eigenvalue weighted by atomic mass is 10.00. The number of hydrogen-bond donors (Lipinski definition) is 1. The minimum absolute atomic E-state index is 0.0403. The van der Waals surface area contributed by atoms with Gasteiger partial charge in [0.1, 0.15) is 5.82 Å². The van der Waals surface area contributed by atoms with Crippen molar-refractivity contribution in [3.05, 3.63) is 94.0 Å². The smallest absolute Gasteiger partial charge is 0.269 e. The van der Waals surface area contributed by atoms with Crippen LogP contribution in [0.3, 0.4) is 0 Å². The molecule has 0 aliphatic carbocycles. The molecule has 4 rings (SSSR count). The molecule has 0 fully saturated rings. The first-order valence-corrected chi connectivity index (χ1v) is 9.16. The molecule has 1 unspecified atom stereocenters. The van der Waals surface area contributed by atoms with Crippen molar-refractivity contribution in [2.45, 2.75) is 12.6 Å². The van der Waals surface area contributed by atoms with E-state index in [1.807, 2.05) is 29.3 Å². The monoisotopic (exact) mass is 396 g/mol. The number of anilines is 1. The molecule has 0 amide bonds. The van der Waals surface area contributed by atoms with Crippen LogP contribution in [-0.2, 0) is 6.54 Å². The quantitative estimate of drug-likeness (QED) is 0.405. The third-order valence-corrected chi connectivity index (χ3v) is 5.13. The summed E-state index contributed by atoms with van der Waals surface area (Å²) in [4.78, 5) is 12.8. The Labute approximate surface area is 166 Å². The van der Waals surface area contributed by atoms with Crippen LogP contribution in [0.5, 0.6) is 0 Å². The number of aromatic nitrogens is 1. The van der Waals surface area contributed by atoms with E-state index in [0.29, 0.717) is 17.3 Å². The van der Waals surface area contributed by atoms with Crippen LogP contribution in [0, 0.1) is 15.9 Å². The maximum Gasteiger partial charge on any atom is 0.269 e. The molecule has 1 N–H and O–H groups in total. The Morgan fingerprint density at radius 1 is 1.14 bits per heavy atom. The number of halogens is 1. The maximum absolute atomic E-state index is 13.2. The van der Waals surface area contributed by atoms with E-state index in [-0.39, 0.29) is 17.5 Å². The Kier molecular flexibility index (Phi) is 4.79. The van der Waals surface area contributed by atoms with E-state index < -0.39 is 4.92 Å². The van der Waals surface area contributed by atoms with E-state index in [1.165, 1.54) is 18.2 Å². The standard InChI is InChI=1S/C20H17FN4O2S/c21-15-6-8-16(9-7-15)22-20(28)24-12-11-23-10-2-5-18(23)19(24)14-3-1-4-17(13-14)25(26)27/h1-10,13,19H,11-12H2,(H,22,28). The molecule has 2 heterocycles. The molecule has 8 heteroatoms. The number of hydrogen-bond acceptors (Lipinski definition) is 3. The zero-order valence-corrected chi connectivity index (χ0v) is 15.6. The molecule has 1 atom stereocenters. The van der Waals surface area contributed by atoms with Gasteiger partial charge in [-0.25, -0.2) is 4.39 Å². The van der Waals surface area contributed by atoms with Crippen LogP contribution >= 0.6 is 12.2 Å². The van der Waals surface area contributed by atoms with E-state index in [9.17, 15) is 14.5 Å². The van der Waals surface area contributed by atoms with Gasteiger partial charge >= 0.3 is 0 Å². The van der Waals surface area contributed by atoms with Gasteiger partial charge in [0.25, 0.3) is 5.69 Å². The SMILES string of the molecule is O=[N+]([O-])c1cccc(C2c3cccn3CCN2C(=S)Nc2ccc(F)cc2)c1. The van der Waals surface area contributed by atoms with Gasteiger partial charge in [-0.2, -0.15) is 0 Å². The average molecular weight is 396 g/mol. The van der Waals surface area contributed by atoms with E-state index in [1.54, 1.807) is 24.3 Å². The summed E-state index contributed by atoms with van der Waals surface area (Å²) in [6, 6.07) is 16.3. The van der Waals surface area contributed by atoms with Crippen LogP contribution in [0.4, 0.5) is 15.8 Å². The molecule has 28 heavy (non-hydrogen) atoms. The van der Waals surface area contributed by atoms with Crippen LogP contribution in [0.2, 0.25) is 0 Å². The Bertz CT molecular complexity index is 1030. The highest BCUT2D eigenvalue weighted by atomic mass is 32.1. The summed E-state index contributed by atoms with van der Waals surface area (Å²) in [6.45, 7) is 1.39. The summed E-state index contributed by atoms with van der Waals surface area (Å²) in [5.74, 6) is -0.318. The fourth-order valence-electron chi connectivity index (χ4n) is 3.49. The van der Waals surface area contributed by atoms with Gasteiger partial charge in [0, 0.05) is 42.8 Å². The van der Waals surface area contributed by atoms with Crippen molar-refractivity contribution in [2.24, 2.45) is 0 Å². The Hall–Kier alpha value is -3.26. The van der Waals surface area contributed by atoms with Gasteiger partial charge in [-0.3, -0.25) is 10.1 Å². The molecule has 0 radical (unpaired) electrons. The fraction of sp³-hybridized carbons (Fsp3) is 0.150. The van der Waals surface area contributed by atoms with E-state index in [4.69, 9.17) is 12.2 Å². The van der Waals surface area contributed by atoms with Gasteiger partial charge in [-0.05, 0) is 54.2 Å². The molecule has 6 nitrogen and oxygen atoms in total. The molecule has 0 bridgehead atoms. The van der Waals surface area contributed by atoms with Crippen molar-refractivity contribution in [3.8, 4) is 0 Å². The average Bonchev–Trinajstić information content (AvgIpc) is 3.17. The predicted molar refractivity (Wildman–Crippen MR) is 109 cm³/mol. The van der Waals surface area contributed by atoms with Crippen molar-refractivity contribution in [1.82, 2.24) is 9.47 Å². The molecule has 142 valence electrons. The van der Waals surface area contributed by atoms with Crippen LogP contribution in [0.15, 0.2) is 66.9 Å². The van der Waals surface area contributed by atoms with Crippen LogP contribution < -0.4 is 5.32 Å². The van der Waals surface area contributed by atoms with Gasteiger partial charge in [-0.15, -0.1) is 0 Å². The molecule has 2 aromatic carbocycles. The fourth-order valence-corrected chi connectivity index (χ4v) is 3.80. The van der Waals surface area contributed by atoms with Crippen molar-refractivity contribution in [3.63, 3.8) is 0 Å². The number of nitro groups is 1. The topological polar surface area (TPSA) is 63.3 Å². The van der Waals surface area contributed by atoms with Crippen LogP contribution in [-0.4, -0.2) is 26.0 Å². The number of benzene rings is 2. The first kappa shape index (κ1) is 18.1. The lowest BCUT2D eigenvalue weighted by molar-refractivity contribution is -0.384. The zero-order valence-electron chi connectivity index (χ0n) is 14.8. The highest BCUT2D eigenvalue weighted by Gasteiger charge is 2.31. The number of rotatable bonds is 3. The summed E-state index contributed by atoms with van der Waals surface area (Å²) in [5.41, 5.74) is 2.52. The number of nitro benzene ring substituents is 1. The van der Waals surface area contributed by atoms with Gasteiger partial charge < -0.3 is 14.8 Å². The summed E-state index contributed by atoms with van der Waals surface area (Å²) < 4.78 is 15.3. The van der Waals surface area contributed by atoms with Crippen molar-refractivity contribution in [1.29, 1.82) is 0 Å². The number of nitrogens with zero attached hydrogens (tertiary/aromatic N) is 3. The highest BCUT2D eigenvalue weighted by molar-refractivity contribution is 7.80. The van der Waals surface area contributed by atoms with Crippen LogP contribution in [0.1, 0.15) is 17.3 Å². The van der Waals surface area contributed by atoms with E-state index in [0.717, 1.165) is 17.8 Å². The second-order valence-corrected chi connectivity index (χ2v) is 6.90. The third-order valence-electron chi connectivity index (χ3n) is 4.79. The lowest BCUT2D eigenvalue weighted by Crippen LogP contribution is -2.44. The molecule has 1 aromatic heterocycles. The van der Waals surface area contributed by atoms with Gasteiger partial charge in [0.15, 0.2) is 5.11 Å². The number of thiocarbonyl (C=S) groups is 1.